The lowest BCUT2D eigenvalue weighted by atomic mass is 9.71. The van der Waals surface area contributed by atoms with Crippen LogP contribution >= 0.6 is 0 Å². The number of hydrogen-bond acceptors (Lipinski definition) is 3. The van der Waals surface area contributed by atoms with E-state index in [1.807, 2.05) is 32.9 Å². The molecular weight excluding hydrogens is 266 g/mol. The fourth-order valence-corrected chi connectivity index (χ4v) is 2.82. The van der Waals surface area contributed by atoms with Crippen molar-refractivity contribution in [2.24, 2.45) is 17.3 Å². The molecule has 4 heteroatoms. The van der Waals surface area contributed by atoms with Crippen LogP contribution in [-0.2, 0) is 9.59 Å². The van der Waals surface area contributed by atoms with Gasteiger partial charge < -0.3 is 15.2 Å². The Kier molecular flexibility index (Phi) is 6.82. The average Bonchev–Trinajstić information content (AvgIpc) is 2.46. The molecule has 1 aliphatic carbocycles. The molecule has 4 nitrogen and oxygen atoms in total. The van der Waals surface area contributed by atoms with Gasteiger partial charge in [-0.3, -0.25) is 4.79 Å². The van der Waals surface area contributed by atoms with Gasteiger partial charge in [0.05, 0.1) is 6.10 Å². The van der Waals surface area contributed by atoms with Gasteiger partial charge in [-0.15, -0.1) is 0 Å². The zero-order valence-electron chi connectivity index (χ0n) is 13.2. The van der Waals surface area contributed by atoms with E-state index in [1.54, 1.807) is 0 Å². The molecule has 1 aliphatic rings. The fraction of sp³-hybridized carbons (Fsp3) is 0.647. The first-order valence-electron chi connectivity index (χ1n) is 7.57. The second kappa shape index (κ2) is 8.13. The molecule has 1 rings (SSSR count). The van der Waals surface area contributed by atoms with Gasteiger partial charge >= 0.3 is 0 Å². The van der Waals surface area contributed by atoms with Crippen molar-refractivity contribution < 1.29 is 14.7 Å². The van der Waals surface area contributed by atoms with Crippen LogP contribution < -0.4 is 5.32 Å². The molecule has 0 saturated carbocycles. The molecule has 0 aromatic rings. The minimum Gasteiger partial charge on any atom is -0.392 e. The first-order valence-corrected chi connectivity index (χ1v) is 7.57. The zero-order chi connectivity index (χ0) is 15.9. The van der Waals surface area contributed by atoms with Crippen LogP contribution in [0.5, 0.6) is 0 Å². The van der Waals surface area contributed by atoms with Gasteiger partial charge in [0.1, 0.15) is 6.29 Å². The van der Waals surface area contributed by atoms with Crippen LogP contribution in [0.25, 0.3) is 0 Å². The standard InChI is InChI=1S/C17H27NO3/c1-17(2,3)16(21)15(11-19)14(9-10-18-12-20)13-7-5-4-6-8-13/h4-5,7,11-12,14-16,21H,6,8-10H2,1-3H3,(H,18,20)/t14?,15?,16-/m1/s1. The molecule has 3 atom stereocenters. The highest BCUT2D eigenvalue weighted by molar-refractivity contribution is 5.57. The highest BCUT2D eigenvalue weighted by Gasteiger charge is 2.36. The number of carbonyl (C=O) groups excluding carboxylic acids is 2. The van der Waals surface area contributed by atoms with Crippen LogP contribution in [0, 0.1) is 17.3 Å². The van der Waals surface area contributed by atoms with Gasteiger partial charge in [0.25, 0.3) is 0 Å². The third-order valence-corrected chi connectivity index (χ3v) is 4.08. The predicted octanol–water partition coefficient (Wildman–Crippen LogP) is 2.24. The van der Waals surface area contributed by atoms with Crippen molar-refractivity contribution in [2.45, 2.75) is 46.1 Å². The molecule has 118 valence electrons. The topological polar surface area (TPSA) is 66.4 Å². The lowest BCUT2D eigenvalue weighted by Gasteiger charge is -2.36. The summed E-state index contributed by atoms with van der Waals surface area (Å²) in [4.78, 5) is 22.1. The number of aliphatic hydroxyl groups is 1. The Hall–Kier alpha value is -1.42. The normalized spacial score (nSPS) is 19.3. The largest absolute Gasteiger partial charge is 0.392 e. The third-order valence-electron chi connectivity index (χ3n) is 4.08. The van der Waals surface area contributed by atoms with Gasteiger partial charge in [-0.05, 0) is 30.6 Å². The minimum absolute atomic E-state index is 0.0332. The van der Waals surface area contributed by atoms with Crippen molar-refractivity contribution in [3.05, 3.63) is 23.8 Å². The number of carbonyl (C=O) groups is 2. The third kappa shape index (κ3) is 5.12. The van der Waals surface area contributed by atoms with E-state index < -0.39 is 12.0 Å². The van der Waals surface area contributed by atoms with E-state index >= 15 is 0 Å². The van der Waals surface area contributed by atoms with Crippen molar-refractivity contribution >= 4 is 12.7 Å². The van der Waals surface area contributed by atoms with E-state index in [9.17, 15) is 14.7 Å². The number of nitrogens with one attached hydrogen (secondary N) is 1. The Balaban J connectivity index is 2.96. The van der Waals surface area contributed by atoms with E-state index in [2.05, 4.69) is 11.4 Å². The summed E-state index contributed by atoms with van der Waals surface area (Å²) >= 11 is 0. The Morgan fingerprint density at radius 2 is 2.10 bits per heavy atom. The minimum atomic E-state index is -0.706. The summed E-state index contributed by atoms with van der Waals surface area (Å²) in [6.45, 7) is 6.31. The number of aliphatic hydroxyl groups excluding tert-OH is 1. The van der Waals surface area contributed by atoms with E-state index in [-0.39, 0.29) is 11.3 Å². The molecule has 2 unspecified atom stereocenters. The highest BCUT2D eigenvalue weighted by Crippen LogP contribution is 2.36. The number of hydrogen-bond donors (Lipinski definition) is 2. The predicted molar refractivity (Wildman–Crippen MR) is 83.6 cm³/mol. The van der Waals surface area contributed by atoms with Crippen molar-refractivity contribution in [3.8, 4) is 0 Å². The first kappa shape index (κ1) is 17.6. The Morgan fingerprint density at radius 3 is 2.57 bits per heavy atom. The molecule has 0 aromatic heterocycles. The Bertz CT molecular complexity index is 407. The lowest BCUT2D eigenvalue weighted by Crippen LogP contribution is -2.40. The van der Waals surface area contributed by atoms with Crippen LogP contribution in [0.1, 0.15) is 40.0 Å². The number of amides is 1. The molecule has 0 aliphatic heterocycles. The molecule has 0 heterocycles. The molecule has 0 aromatic carbocycles. The van der Waals surface area contributed by atoms with E-state index in [1.165, 1.54) is 5.57 Å². The fourth-order valence-electron chi connectivity index (χ4n) is 2.82. The number of rotatable bonds is 8. The maximum absolute atomic E-state index is 11.6. The van der Waals surface area contributed by atoms with Crippen LogP contribution in [0.2, 0.25) is 0 Å². The maximum Gasteiger partial charge on any atom is 0.207 e. The smallest absolute Gasteiger partial charge is 0.207 e. The van der Waals surface area contributed by atoms with Gasteiger partial charge in [-0.1, -0.05) is 44.6 Å². The zero-order valence-corrected chi connectivity index (χ0v) is 13.2. The molecule has 0 bridgehead atoms. The second-order valence-electron chi connectivity index (χ2n) is 6.70. The van der Waals surface area contributed by atoms with Gasteiger partial charge in [-0.25, -0.2) is 0 Å². The van der Waals surface area contributed by atoms with Crippen molar-refractivity contribution in [1.82, 2.24) is 5.32 Å². The molecule has 0 spiro atoms. The van der Waals surface area contributed by atoms with E-state index in [4.69, 9.17) is 0 Å². The quantitative estimate of drug-likeness (QED) is 0.533. The summed E-state index contributed by atoms with van der Waals surface area (Å²) in [6.07, 6.45) is 9.51. The summed E-state index contributed by atoms with van der Waals surface area (Å²) in [6, 6.07) is 0. The van der Waals surface area contributed by atoms with Gasteiger partial charge in [0.15, 0.2) is 0 Å². The van der Waals surface area contributed by atoms with Crippen molar-refractivity contribution in [2.75, 3.05) is 6.54 Å². The monoisotopic (exact) mass is 293 g/mol. The lowest BCUT2D eigenvalue weighted by molar-refractivity contribution is -0.119. The Labute approximate surface area is 127 Å². The van der Waals surface area contributed by atoms with Crippen molar-refractivity contribution in [3.63, 3.8) is 0 Å². The van der Waals surface area contributed by atoms with E-state index in [0.29, 0.717) is 19.4 Å². The molecule has 21 heavy (non-hydrogen) atoms. The summed E-state index contributed by atoms with van der Waals surface area (Å²) in [5.41, 5.74) is 0.832. The van der Waals surface area contributed by atoms with Crippen LogP contribution in [0.4, 0.5) is 0 Å². The maximum atomic E-state index is 11.6. The number of aldehydes is 1. The van der Waals surface area contributed by atoms with Gasteiger partial charge in [0.2, 0.25) is 6.41 Å². The summed E-state index contributed by atoms with van der Waals surface area (Å²) < 4.78 is 0. The van der Waals surface area contributed by atoms with Gasteiger partial charge in [0, 0.05) is 12.5 Å². The van der Waals surface area contributed by atoms with Gasteiger partial charge in [-0.2, -0.15) is 0 Å². The van der Waals surface area contributed by atoms with Crippen LogP contribution in [-0.4, -0.2) is 30.5 Å². The SMILES string of the molecule is CC(C)(C)[C@H](O)C(C=O)C(CCNC=O)C1=CC=CCC1. The Morgan fingerprint density at radius 1 is 1.38 bits per heavy atom. The molecule has 2 N–H and O–H groups in total. The van der Waals surface area contributed by atoms with E-state index in [0.717, 1.165) is 19.1 Å². The molecule has 0 saturated heterocycles. The number of allylic oxidation sites excluding steroid dienone is 4. The second-order valence-corrected chi connectivity index (χ2v) is 6.70. The van der Waals surface area contributed by atoms with Crippen LogP contribution in [0.3, 0.4) is 0 Å². The summed E-state index contributed by atoms with van der Waals surface area (Å²) in [5, 5.41) is 13.2. The molecule has 0 fully saturated rings. The average molecular weight is 293 g/mol. The molecular formula is C17H27NO3. The van der Waals surface area contributed by atoms with Crippen LogP contribution in [0.15, 0.2) is 23.8 Å². The molecule has 1 amide bonds. The van der Waals surface area contributed by atoms with Crippen molar-refractivity contribution in [1.29, 1.82) is 0 Å². The molecule has 0 radical (unpaired) electrons. The highest BCUT2D eigenvalue weighted by atomic mass is 16.3. The first-order chi connectivity index (χ1) is 9.91. The summed E-state index contributed by atoms with van der Waals surface area (Å²) in [5.74, 6) is -0.481. The summed E-state index contributed by atoms with van der Waals surface area (Å²) in [7, 11) is 0.